The summed E-state index contributed by atoms with van der Waals surface area (Å²) in [5, 5.41) is 3.57. The number of nitrogens with one attached hydrogen (secondary N) is 1. The van der Waals surface area contributed by atoms with Crippen molar-refractivity contribution < 1.29 is 0 Å². The molecule has 2 aromatic carbocycles. The quantitative estimate of drug-likeness (QED) is 0.878. The minimum Gasteiger partial charge on any atom is -0.378 e. The van der Waals surface area contributed by atoms with Gasteiger partial charge in [0.2, 0.25) is 0 Å². The van der Waals surface area contributed by atoms with Crippen molar-refractivity contribution >= 4 is 11.9 Å². The Bertz CT molecular complexity index is 644. The summed E-state index contributed by atoms with van der Waals surface area (Å²) >= 11 is 0. The SMILES string of the molecule is CN(C)c1ccc(C=NCC2Cc3ccccc3CN2)cc1. The first kappa shape index (κ1) is 14.8. The highest BCUT2D eigenvalue weighted by Gasteiger charge is 2.16. The molecule has 0 saturated carbocycles. The topological polar surface area (TPSA) is 27.6 Å². The fourth-order valence-corrected chi connectivity index (χ4v) is 2.79. The highest BCUT2D eigenvalue weighted by molar-refractivity contribution is 5.80. The van der Waals surface area contributed by atoms with Gasteiger partial charge in [0, 0.05) is 38.6 Å². The fraction of sp³-hybridized carbons (Fsp3) is 0.316. The zero-order valence-corrected chi connectivity index (χ0v) is 13.3. The Hall–Kier alpha value is -2.13. The third-order valence-corrected chi connectivity index (χ3v) is 4.14. The highest BCUT2D eigenvalue weighted by atomic mass is 15.1. The Morgan fingerprint density at radius 3 is 2.55 bits per heavy atom. The van der Waals surface area contributed by atoms with E-state index in [1.54, 1.807) is 0 Å². The molecular weight excluding hydrogens is 270 g/mol. The lowest BCUT2D eigenvalue weighted by Gasteiger charge is -2.24. The van der Waals surface area contributed by atoms with Gasteiger partial charge in [-0.2, -0.15) is 0 Å². The lowest BCUT2D eigenvalue weighted by molar-refractivity contribution is 0.489. The highest BCUT2D eigenvalue weighted by Crippen LogP contribution is 2.16. The molecule has 0 fully saturated rings. The van der Waals surface area contributed by atoms with Crippen molar-refractivity contribution in [3.05, 3.63) is 65.2 Å². The van der Waals surface area contributed by atoms with Crippen LogP contribution in [0.1, 0.15) is 16.7 Å². The van der Waals surface area contributed by atoms with Gasteiger partial charge < -0.3 is 10.2 Å². The van der Waals surface area contributed by atoms with E-state index in [0.29, 0.717) is 6.04 Å². The molecule has 0 aliphatic carbocycles. The third-order valence-electron chi connectivity index (χ3n) is 4.14. The Morgan fingerprint density at radius 2 is 1.82 bits per heavy atom. The molecule has 0 radical (unpaired) electrons. The van der Waals surface area contributed by atoms with Crippen LogP contribution in [0.2, 0.25) is 0 Å². The van der Waals surface area contributed by atoms with E-state index in [4.69, 9.17) is 0 Å². The molecule has 0 bridgehead atoms. The molecule has 114 valence electrons. The first-order valence-electron chi connectivity index (χ1n) is 7.80. The molecule has 2 aromatic rings. The Kier molecular flexibility index (Phi) is 4.54. The number of hydrogen-bond acceptors (Lipinski definition) is 3. The van der Waals surface area contributed by atoms with E-state index in [-0.39, 0.29) is 0 Å². The van der Waals surface area contributed by atoms with Crippen molar-refractivity contribution in [1.82, 2.24) is 5.32 Å². The second kappa shape index (κ2) is 6.75. The number of fused-ring (bicyclic) bond motifs is 1. The fourth-order valence-electron chi connectivity index (χ4n) is 2.79. The molecule has 1 unspecified atom stereocenters. The van der Waals surface area contributed by atoms with Crippen LogP contribution in [0.25, 0.3) is 0 Å². The standard InChI is InChI=1S/C19H23N3/c1-22(2)19-9-7-15(8-10-19)12-20-14-18-11-16-5-3-4-6-17(16)13-21-18/h3-10,12,18,21H,11,13-14H2,1-2H3. The minimum atomic E-state index is 0.437. The van der Waals surface area contributed by atoms with Gasteiger partial charge in [-0.1, -0.05) is 36.4 Å². The van der Waals surface area contributed by atoms with E-state index in [2.05, 4.69) is 77.8 Å². The maximum atomic E-state index is 4.61. The maximum Gasteiger partial charge on any atom is 0.0546 e. The van der Waals surface area contributed by atoms with E-state index >= 15 is 0 Å². The Balaban J connectivity index is 1.56. The minimum absolute atomic E-state index is 0.437. The predicted octanol–water partition coefficient (Wildman–Crippen LogP) is 2.89. The van der Waals surface area contributed by atoms with Crippen LogP contribution in [0.4, 0.5) is 5.69 Å². The van der Waals surface area contributed by atoms with Gasteiger partial charge in [0.1, 0.15) is 0 Å². The molecule has 0 aromatic heterocycles. The average molecular weight is 293 g/mol. The molecule has 1 aliphatic heterocycles. The largest absolute Gasteiger partial charge is 0.378 e. The lowest BCUT2D eigenvalue weighted by atomic mass is 9.96. The number of rotatable bonds is 4. The molecule has 1 atom stereocenters. The molecule has 3 heteroatoms. The van der Waals surface area contributed by atoms with Crippen LogP contribution >= 0.6 is 0 Å². The molecule has 3 rings (SSSR count). The van der Waals surface area contributed by atoms with Crippen molar-refractivity contribution in [3.8, 4) is 0 Å². The van der Waals surface area contributed by atoms with Gasteiger partial charge in [-0.3, -0.25) is 4.99 Å². The van der Waals surface area contributed by atoms with Crippen LogP contribution in [-0.2, 0) is 13.0 Å². The van der Waals surface area contributed by atoms with Crippen LogP contribution in [0.3, 0.4) is 0 Å². The third kappa shape index (κ3) is 3.55. The van der Waals surface area contributed by atoms with E-state index in [1.165, 1.54) is 16.8 Å². The smallest absolute Gasteiger partial charge is 0.0546 e. The molecule has 1 N–H and O–H groups in total. The van der Waals surface area contributed by atoms with E-state index in [1.807, 2.05) is 6.21 Å². The van der Waals surface area contributed by atoms with Crippen molar-refractivity contribution in [1.29, 1.82) is 0 Å². The normalized spacial score (nSPS) is 17.5. The summed E-state index contributed by atoms with van der Waals surface area (Å²) in [7, 11) is 4.10. The van der Waals surface area contributed by atoms with Crippen LogP contribution in [0, 0.1) is 0 Å². The van der Waals surface area contributed by atoms with Crippen LogP contribution in [-0.4, -0.2) is 32.9 Å². The van der Waals surface area contributed by atoms with E-state index in [0.717, 1.165) is 25.1 Å². The molecular formula is C19H23N3. The summed E-state index contributed by atoms with van der Waals surface area (Å²) in [6, 6.07) is 17.6. The molecule has 0 amide bonds. The van der Waals surface area contributed by atoms with Crippen LogP contribution in [0.5, 0.6) is 0 Å². The monoisotopic (exact) mass is 293 g/mol. The summed E-state index contributed by atoms with van der Waals surface area (Å²) < 4.78 is 0. The summed E-state index contributed by atoms with van der Waals surface area (Å²) in [6.07, 6.45) is 3.04. The Morgan fingerprint density at radius 1 is 1.09 bits per heavy atom. The van der Waals surface area contributed by atoms with Gasteiger partial charge in [0.05, 0.1) is 6.54 Å². The van der Waals surface area contributed by atoms with Gasteiger partial charge in [0.25, 0.3) is 0 Å². The van der Waals surface area contributed by atoms with Crippen molar-refractivity contribution in [2.45, 2.75) is 19.0 Å². The molecule has 0 saturated heterocycles. The second-order valence-electron chi connectivity index (χ2n) is 6.03. The molecule has 1 aliphatic rings. The van der Waals surface area contributed by atoms with Gasteiger partial charge >= 0.3 is 0 Å². The zero-order valence-electron chi connectivity index (χ0n) is 13.3. The van der Waals surface area contributed by atoms with Crippen LogP contribution in [0.15, 0.2) is 53.5 Å². The van der Waals surface area contributed by atoms with Crippen molar-refractivity contribution in [3.63, 3.8) is 0 Å². The average Bonchev–Trinajstić information content (AvgIpc) is 2.55. The second-order valence-corrected chi connectivity index (χ2v) is 6.03. The van der Waals surface area contributed by atoms with Gasteiger partial charge in [-0.05, 0) is 35.2 Å². The van der Waals surface area contributed by atoms with E-state index in [9.17, 15) is 0 Å². The summed E-state index contributed by atoms with van der Waals surface area (Å²) in [6.45, 7) is 1.78. The summed E-state index contributed by atoms with van der Waals surface area (Å²) in [5.74, 6) is 0. The number of aliphatic imine (C=N–C) groups is 1. The lowest BCUT2D eigenvalue weighted by Crippen LogP contribution is -2.37. The number of benzene rings is 2. The van der Waals surface area contributed by atoms with E-state index < -0.39 is 0 Å². The number of hydrogen-bond donors (Lipinski definition) is 1. The first-order chi connectivity index (χ1) is 10.7. The molecule has 1 heterocycles. The number of anilines is 1. The van der Waals surface area contributed by atoms with Crippen molar-refractivity contribution in [2.75, 3.05) is 25.5 Å². The maximum absolute atomic E-state index is 4.61. The van der Waals surface area contributed by atoms with Crippen molar-refractivity contribution in [2.24, 2.45) is 4.99 Å². The van der Waals surface area contributed by atoms with Gasteiger partial charge in [0.15, 0.2) is 0 Å². The Labute approximate surface area is 132 Å². The van der Waals surface area contributed by atoms with Crippen LogP contribution < -0.4 is 10.2 Å². The molecule has 3 nitrogen and oxygen atoms in total. The summed E-state index contributed by atoms with van der Waals surface area (Å²) in [5.41, 5.74) is 5.24. The predicted molar refractivity (Wildman–Crippen MR) is 94.0 cm³/mol. The van der Waals surface area contributed by atoms with Gasteiger partial charge in [-0.15, -0.1) is 0 Å². The first-order valence-corrected chi connectivity index (χ1v) is 7.80. The van der Waals surface area contributed by atoms with Gasteiger partial charge in [-0.25, -0.2) is 0 Å². The molecule has 22 heavy (non-hydrogen) atoms. The zero-order chi connectivity index (χ0) is 15.4. The molecule has 0 spiro atoms. The number of nitrogens with zero attached hydrogens (tertiary/aromatic N) is 2. The summed E-state index contributed by atoms with van der Waals surface area (Å²) in [4.78, 5) is 6.71.